The van der Waals surface area contributed by atoms with Gasteiger partial charge in [0.05, 0.1) is 0 Å². The van der Waals surface area contributed by atoms with Crippen molar-refractivity contribution in [2.24, 2.45) is 0 Å². The lowest BCUT2D eigenvalue weighted by Crippen LogP contribution is -2.37. The van der Waals surface area contributed by atoms with Crippen molar-refractivity contribution >= 4 is 139 Å². The average Bonchev–Trinajstić information content (AvgIpc) is 3.99. The van der Waals surface area contributed by atoms with Gasteiger partial charge in [-0.05, 0) is 193 Å². The molecule has 5 heterocycles. The number of aromatic amines is 4. The van der Waals surface area contributed by atoms with E-state index in [2.05, 4.69) is 192 Å². The van der Waals surface area contributed by atoms with Crippen LogP contribution >= 0.6 is 99.3 Å². The van der Waals surface area contributed by atoms with E-state index in [1.54, 1.807) is 5.30 Å². The maximum absolute atomic E-state index is 3.90. The largest absolute Gasteiger partial charge is 0.355 e. The third-order valence-electron chi connectivity index (χ3n) is 11.1. The Balaban J connectivity index is 1.59. The highest BCUT2D eigenvalue weighted by Crippen LogP contribution is 2.83. The van der Waals surface area contributed by atoms with E-state index in [9.17, 15) is 0 Å². The summed E-state index contributed by atoms with van der Waals surface area (Å²) in [6.45, 7) is 15.6. The lowest BCUT2D eigenvalue weighted by atomic mass is 9.85. The second-order valence-electron chi connectivity index (χ2n) is 14.1. The number of aromatic nitrogens is 4. The Hall–Kier alpha value is 0.200. The zero-order valence-electron chi connectivity index (χ0n) is 32.1. The molecule has 0 spiro atoms. The molecule has 10 unspecified atom stereocenters. The summed E-state index contributed by atoms with van der Waals surface area (Å²) in [5, 5.41) is 8.92. The van der Waals surface area contributed by atoms with Gasteiger partial charge in [-0.15, -0.1) is 62.5 Å². The van der Waals surface area contributed by atoms with Crippen molar-refractivity contribution in [3.05, 3.63) is 143 Å². The molecule has 7 rings (SSSR count). The summed E-state index contributed by atoms with van der Waals surface area (Å²) >= 11 is 0. The van der Waals surface area contributed by atoms with Gasteiger partial charge in [0.2, 0.25) is 0 Å². The van der Waals surface area contributed by atoms with Crippen molar-refractivity contribution in [3.8, 4) is 0 Å². The molecular formula is C39H50N4P12. The molecule has 4 N–H and O–H groups in total. The van der Waals surface area contributed by atoms with Gasteiger partial charge in [-0.25, -0.2) is 0 Å². The Kier molecular flexibility index (Phi) is 13.9. The molecule has 4 aromatic heterocycles. The van der Waals surface area contributed by atoms with E-state index < -0.39 is 28.9 Å². The number of hydrogen-bond acceptors (Lipinski definition) is 0. The highest BCUT2D eigenvalue weighted by molar-refractivity contribution is 8.83. The molecule has 0 saturated heterocycles. The first-order valence-electron chi connectivity index (χ1n) is 17.7. The van der Waals surface area contributed by atoms with Crippen molar-refractivity contribution in [1.82, 2.24) is 19.9 Å². The monoisotopic (exact) mass is 946 g/mol. The van der Waals surface area contributed by atoms with Gasteiger partial charge in [-0.2, -0.15) is 0 Å². The quantitative estimate of drug-likeness (QED) is 0.115. The Morgan fingerprint density at radius 1 is 0.473 bits per heavy atom. The van der Waals surface area contributed by atoms with Crippen molar-refractivity contribution in [3.63, 3.8) is 0 Å². The van der Waals surface area contributed by atoms with Crippen LogP contribution in [0.4, 0.5) is 0 Å². The van der Waals surface area contributed by atoms with E-state index in [1.165, 1.54) is 71.8 Å². The van der Waals surface area contributed by atoms with Crippen LogP contribution in [0.5, 0.6) is 0 Å². The maximum atomic E-state index is 3.90. The summed E-state index contributed by atoms with van der Waals surface area (Å²) < 4.78 is 0. The van der Waals surface area contributed by atoms with Gasteiger partial charge < -0.3 is 19.9 Å². The third kappa shape index (κ3) is 8.20. The molecule has 286 valence electrons. The van der Waals surface area contributed by atoms with Crippen LogP contribution in [0.25, 0.3) is 23.3 Å². The van der Waals surface area contributed by atoms with Gasteiger partial charge in [0.15, 0.2) is 0 Å². The fraction of sp³-hybridized carbons (Fsp3) is 0.179. The van der Waals surface area contributed by atoms with Crippen molar-refractivity contribution < 1.29 is 0 Å². The molecule has 55 heavy (non-hydrogen) atoms. The molecule has 1 aliphatic heterocycles. The molecule has 10 atom stereocenters. The topological polar surface area (TPSA) is 63.2 Å². The van der Waals surface area contributed by atoms with E-state index in [0.29, 0.717) is 0 Å². The SMILES string of the molecule is Cc1c(C)c(C)c(C2=c3ccc([nH]3)=Cc3ccc([nH]3)C(c3c(C)c(C)c(P(P)P)c(P(P)PP)c3P(P)P(P)P)=c3ccc([nH]3)=Cc3ccc2[nH]3)c(C)c1C. The second kappa shape index (κ2) is 17.7. The molecule has 0 amide bonds. The molecule has 8 bridgehead atoms. The normalized spacial score (nSPS) is 14.3. The molecule has 2 aromatic carbocycles. The minimum atomic E-state index is -0.562. The number of fused-ring (bicyclic) bond motifs is 8. The zero-order valence-corrected chi connectivity index (χ0v) is 44.8. The van der Waals surface area contributed by atoms with Crippen molar-refractivity contribution in [2.45, 2.75) is 48.5 Å². The number of rotatable bonds is 7. The minimum Gasteiger partial charge on any atom is -0.355 e. The zero-order chi connectivity index (χ0) is 39.6. The van der Waals surface area contributed by atoms with Crippen LogP contribution in [0.1, 0.15) is 72.8 Å². The summed E-state index contributed by atoms with van der Waals surface area (Å²) in [5.41, 5.74) is 18.9. The van der Waals surface area contributed by atoms with Crippen LogP contribution in [0.2, 0.25) is 0 Å². The summed E-state index contributed by atoms with van der Waals surface area (Å²) in [5.74, 6) is 0. The van der Waals surface area contributed by atoms with Crippen LogP contribution in [-0.4, -0.2) is 19.9 Å². The first-order chi connectivity index (χ1) is 26.1. The van der Waals surface area contributed by atoms with Crippen LogP contribution in [0, 0.1) is 48.5 Å². The first kappa shape index (κ1) is 43.3. The van der Waals surface area contributed by atoms with Gasteiger partial charge in [-0.1, -0.05) is 7.96 Å². The van der Waals surface area contributed by atoms with Gasteiger partial charge in [0, 0.05) is 65.9 Å². The predicted octanol–water partition coefficient (Wildman–Crippen LogP) is 9.47. The van der Waals surface area contributed by atoms with Gasteiger partial charge >= 0.3 is 0 Å². The van der Waals surface area contributed by atoms with Crippen LogP contribution in [0.3, 0.4) is 0 Å². The van der Waals surface area contributed by atoms with E-state index in [4.69, 9.17) is 0 Å². The smallest absolute Gasteiger partial charge is 0.0486 e. The molecule has 0 aliphatic carbocycles. The summed E-state index contributed by atoms with van der Waals surface area (Å²) in [4.78, 5) is 15.5. The van der Waals surface area contributed by atoms with Crippen LogP contribution < -0.4 is 37.3 Å². The number of benzene rings is 2. The molecule has 6 aromatic rings. The summed E-state index contributed by atoms with van der Waals surface area (Å²) in [6, 6.07) is 17.9. The molecule has 4 nitrogen and oxygen atoms in total. The highest BCUT2D eigenvalue weighted by atomic mass is 32.8. The summed E-state index contributed by atoms with van der Waals surface area (Å²) in [7, 11) is 21.5. The minimum absolute atomic E-state index is 0.394. The van der Waals surface area contributed by atoms with Gasteiger partial charge in [0.25, 0.3) is 0 Å². The van der Waals surface area contributed by atoms with Gasteiger partial charge in [0.1, 0.15) is 0 Å². The standard InChI is InChI=1S/C39H50N4P12/c1-18-19(2)21(4)33(22(5)20(18)3)35-29-12-8-25(40-29)16-27-10-14-31(42-27)36(32-15-11-28(43-32)17-26-9-13-30(35)41-26)34-23(6)24(7)37(52(45)46)39(53(47)51-44)38(34)54(48)55(49)50/h8-17,40-43,51H,44-50H2,1-7H3. The van der Waals surface area contributed by atoms with Crippen molar-refractivity contribution in [1.29, 1.82) is 0 Å². The highest BCUT2D eigenvalue weighted by Gasteiger charge is 2.31. The first-order valence-corrected chi connectivity index (χ1v) is 37.2. The van der Waals surface area contributed by atoms with E-state index in [-0.39, 0.29) is 0 Å². The Labute approximate surface area is 347 Å². The van der Waals surface area contributed by atoms with E-state index >= 15 is 0 Å². The molecule has 16 heteroatoms. The van der Waals surface area contributed by atoms with Gasteiger partial charge in [-0.3, -0.25) is 0 Å². The predicted molar refractivity (Wildman–Crippen MR) is 281 cm³/mol. The fourth-order valence-corrected chi connectivity index (χ4v) is 23.6. The Morgan fingerprint density at radius 2 is 0.927 bits per heavy atom. The maximum Gasteiger partial charge on any atom is 0.0486 e. The van der Waals surface area contributed by atoms with Crippen molar-refractivity contribution in [2.75, 3.05) is 0 Å². The molecular weight excluding hydrogens is 896 g/mol. The molecule has 0 saturated carbocycles. The number of hydrogen-bond donors (Lipinski definition) is 4. The molecule has 0 radical (unpaired) electrons. The Morgan fingerprint density at radius 3 is 1.38 bits per heavy atom. The lowest BCUT2D eigenvalue weighted by Gasteiger charge is -2.32. The average molecular weight is 947 g/mol. The molecule has 0 fully saturated rings. The van der Waals surface area contributed by atoms with E-state index in [1.807, 2.05) is 0 Å². The fourth-order valence-electron chi connectivity index (χ4n) is 7.81. The van der Waals surface area contributed by atoms with Crippen LogP contribution in [-0.2, 0) is 0 Å². The summed E-state index contributed by atoms with van der Waals surface area (Å²) in [6.07, 6.45) is 4.48. The third-order valence-corrected chi connectivity index (χ3v) is 40.1. The molecule has 1 aliphatic rings. The second-order valence-corrected chi connectivity index (χ2v) is 44.8. The number of nitrogens with one attached hydrogen (secondary N) is 4. The lowest BCUT2D eigenvalue weighted by molar-refractivity contribution is 1.14. The van der Waals surface area contributed by atoms with Crippen LogP contribution in [0.15, 0.2) is 48.5 Å². The Bertz CT molecular complexity index is 2700. The number of H-pyrrole nitrogens is 4. The van der Waals surface area contributed by atoms with E-state index in [0.717, 1.165) is 52.1 Å².